The maximum absolute atomic E-state index is 10.8. The minimum atomic E-state index is -3.38. The number of aromatic nitrogens is 2. The fraction of sp³-hybridized carbons (Fsp3) is 0.364. The van der Waals surface area contributed by atoms with Crippen molar-refractivity contribution in [2.75, 3.05) is 12.9 Å². The average molecular weight is 254 g/mol. The Bertz CT molecular complexity index is 631. The second-order valence-electron chi connectivity index (χ2n) is 3.86. The van der Waals surface area contributed by atoms with E-state index in [0.29, 0.717) is 6.42 Å². The van der Waals surface area contributed by atoms with Gasteiger partial charge >= 0.3 is 0 Å². The van der Waals surface area contributed by atoms with E-state index in [1.807, 2.05) is 31.3 Å². The number of hydrogen-bond acceptors (Lipinski definition) is 4. The predicted molar refractivity (Wildman–Crippen MR) is 65.2 cm³/mol. The van der Waals surface area contributed by atoms with Crippen LogP contribution in [0.25, 0.3) is 10.9 Å². The third-order valence-electron chi connectivity index (χ3n) is 2.47. The predicted octanol–water partition coefficient (Wildman–Crippen LogP) is 1.09. The van der Waals surface area contributed by atoms with E-state index in [2.05, 4.69) is 5.10 Å². The summed E-state index contributed by atoms with van der Waals surface area (Å²) < 4.78 is 28.2. The second kappa shape index (κ2) is 4.46. The third-order valence-corrected chi connectivity index (χ3v) is 3.07. The van der Waals surface area contributed by atoms with Crippen molar-refractivity contribution in [1.29, 1.82) is 0 Å². The molecule has 0 amide bonds. The Hall–Kier alpha value is -1.40. The lowest BCUT2D eigenvalue weighted by molar-refractivity contribution is 0.324. The quantitative estimate of drug-likeness (QED) is 0.766. The van der Waals surface area contributed by atoms with E-state index in [1.165, 1.54) is 0 Å². The maximum Gasteiger partial charge on any atom is 0.264 e. The van der Waals surface area contributed by atoms with E-state index in [9.17, 15) is 8.42 Å². The molecule has 17 heavy (non-hydrogen) atoms. The smallest absolute Gasteiger partial charge is 0.264 e. The van der Waals surface area contributed by atoms with Crippen LogP contribution in [0.5, 0.6) is 0 Å². The zero-order valence-corrected chi connectivity index (χ0v) is 10.6. The number of nitrogens with zero attached hydrogens (tertiary/aromatic N) is 2. The van der Waals surface area contributed by atoms with Crippen LogP contribution in [0.15, 0.2) is 24.3 Å². The Balaban J connectivity index is 2.19. The maximum atomic E-state index is 10.8. The summed E-state index contributed by atoms with van der Waals surface area (Å²) >= 11 is 0. The molecule has 6 heteroatoms. The van der Waals surface area contributed by atoms with Crippen LogP contribution in [0, 0.1) is 0 Å². The van der Waals surface area contributed by atoms with Crippen LogP contribution in [0.4, 0.5) is 0 Å². The fourth-order valence-corrected chi connectivity index (χ4v) is 2.15. The Kier molecular flexibility index (Phi) is 3.17. The van der Waals surface area contributed by atoms with Crippen LogP contribution in [0.1, 0.15) is 5.69 Å². The molecule has 0 unspecified atom stereocenters. The Morgan fingerprint density at radius 2 is 2.06 bits per heavy atom. The average Bonchev–Trinajstić information content (AvgIpc) is 2.55. The molecule has 0 aliphatic carbocycles. The highest BCUT2D eigenvalue weighted by Crippen LogP contribution is 2.17. The number of fused-ring (bicyclic) bond motifs is 1. The molecule has 5 nitrogen and oxygen atoms in total. The van der Waals surface area contributed by atoms with Gasteiger partial charge in [-0.05, 0) is 6.07 Å². The summed E-state index contributed by atoms with van der Waals surface area (Å²) in [6.07, 6.45) is 1.53. The summed E-state index contributed by atoms with van der Waals surface area (Å²) in [6.45, 7) is 0.125. The molecule has 0 N–H and O–H groups in total. The Labute approximate surface area is 100 Å². The van der Waals surface area contributed by atoms with Gasteiger partial charge in [-0.3, -0.25) is 8.86 Å². The van der Waals surface area contributed by atoms with Crippen molar-refractivity contribution < 1.29 is 12.6 Å². The van der Waals surface area contributed by atoms with Crippen molar-refractivity contribution in [2.24, 2.45) is 7.05 Å². The lowest BCUT2D eigenvalue weighted by atomic mass is 10.2. The third kappa shape index (κ3) is 2.83. The summed E-state index contributed by atoms with van der Waals surface area (Å²) in [5, 5.41) is 5.39. The monoisotopic (exact) mass is 254 g/mol. The number of rotatable bonds is 4. The van der Waals surface area contributed by atoms with Gasteiger partial charge < -0.3 is 0 Å². The highest BCUT2D eigenvalue weighted by molar-refractivity contribution is 7.85. The zero-order valence-electron chi connectivity index (χ0n) is 9.75. The minimum absolute atomic E-state index is 0.125. The van der Waals surface area contributed by atoms with E-state index in [4.69, 9.17) is 4.18 Å². The topological polar surface area (TPSA) is 61.2 Å². The number of benzene rings is 1. The zero-order chi connectivity index (χ0) is 12.5. The first kappa shape index (κ1) is 12.1. The van der Waals surface area contributed by atoms with Gasteiger partial charge in [-0.15, -0.1) is 0 Å². The van der Waals surface area contributed by atoms with Gasteiger partial charge in [0.05, 0.1) is 24.1 Å². The van der Waals surface area contributed by atoms with E-state index >= 15 is 0 Å². The standard InChI is InChI=1S/C11H14N2O3S/c1-13-11-6-4-3-5-9(11)10(12-13)7-8-16-17(2,14)15/h3-6H,7-8H2,1-2H3. The summed E-state index contributed by atoms with van der Waals surface area (Å²) in [4.78, 5) is 0. The Morgan fingerprint density at radius 3 is 2.76 bits per heavy atom. The van der Waals surface area contributed by atoms with E-state index < -0.39 is 10.1 Å². The largest absolute Gasteiger partial charge is 0.270 e. The lowest BCUT2D eigenvalue weighted by Crippen LogP contribution is -2.06. The van der Waals surface area contributed by atoms with E-state index in [0.717, 1.165) is 22.9 Å². The highest BCUT2D eigenvalue weighted by atomic mass is 32.2. The first-order chi connectivity index (χ1) is 7.97. The van der Waals surface area contributed by atoms with Gasteiger partial charge in [-0.2, -0.15) is 13.5 Å². The van der Waals surface area contributed by atoms with Crippen molar-refractivity contribution in [3.05, 3.63) is 30.0 Å². The minimum Gasteiger partial charge on any atom is -0.270 e. The lowest BCUT2D eigenvalue weighted by Gasteiger charge is -1.99. The normalized spacial score (nSPS) is 12.1. The number of aryl methyl sites for hydroxylation is 1. The molecular weight excluding hydrogens is 240 g/mol. The molecule has 0 aliphatic heterocycles. The van der Waals surface area contributed by atoms with Gasteiger partial charge in [0.2, 0.25) is 0 Å². The molecule has 0 atom stereocenters. The molecule has 1 aromatic heterocycles. The molecule has 0 radical (unpaired) electrons. The van der Waals surface area contributed by atoms with Crippen molar-refractivity contribution in [3.8, 4) is 0 Å². The van der Waals surface area contributed by atoms with E-state index in [-0.39, 0.29) is 6.61 Å². The van der Waals surface area contributed by atoms with Crippen molar-refractivity contribution in [3.63, 3.8) is 0 Å². The van der Waals surface area contributed by atoms with Crippen LogP contribution < -0.4 is 0 Å². The molecule has 2 aromatic rings. The summed E-state index contributed by atoms with van der Waals surface area (Å²) in [5.41, 5.74) is 1.88. The first-order valence-electron chi connectivity index (χ1n) is 5.22. The number of para-hydroxylation sites is 1. The first-order valence-corrected chi connectivity index (χ1v) is 7.04. The van der Waals surface area contributed by atoms with Crippen LogP contribution in [-0.4, -0.2) is 31.1 Å². The van der Waals surface area contributed by atoms with Gasteiger partial charge in [0, 0.05) is 18.9 Å². The summed E-state index contributed by atoms with van der Waals surface area (Å²) in [6, 6.07) is 7.83. The van der Waals surface area contributed by atoms with Gasteiger partial charge in [0.1, 0.15) is 0 Å². The van der Waals surface area contributed by atoms with Gasteiger partial charge in [0.15, 0.2) is 0 Å². The highest BCUT2D eigenvalue weighted by Gasteiger charge is 2.09. The van der Waals surface area contributed by atoms with Crippen molar-refractivity contribution in [1.82, 2.24) is 9.78 Å². The van der Waals surface area contributed by atoms with Crippen LogP contribution in [0.2, 0.25) is 0 Å². The molecule has 0 spiro atoms. The van der Waals surface area contributed by atoms with Crippen LogP contribution >= 0.6 is 0 Å². The summed E-state index contributed by atoms with van der Waals surface area (Å²) in [5.74, 6) is 0. The molecule has 92 valence electrons. The molecule has 0 aliphatic rings. The van der Waals surface area contributed by atoms with Crippen LogP contribution in [0.3, 0.4) is 0 Å². The summed E-state index contributed by atoms with van der Waals surface area (Å²) in [7, 11) is -1.51. The molecular formula is C11H14N2O3S. The number of hydrogen-bond donors (Lipinski definition) is 0. The molecule has 0 saturated carbocycles. The van der Waals surface area contributed by atoms with Crippen molar-refractivity contribution in [2.45, 2.75) is 6.42 Å². The molecule has 2 rings (SSSR count). The van der Waals surface area contributed by atoms with Gasteiger partial charge in [0.25, 0.3) is 10.1 Å². The molecule has 1 aromatic carbocycles. The molecule has 0 fully saturated rings. The molecule has 1 heterocycles. The van der Waals surface area contributed by atoms with E-state index in [1.54, 1.807) is 4.68 Å². The SMILES string of the molecule is Cn1nc(CCOS(C)(=O)=O)c2ccccc21. The fourth-order valence-electron chi connectivity index (χ4n) is 1.76. The van der Waals surface area contributed by atoms with Crippen LogP contribution in [-0.2, 0) is 27.8 Å². The van der Waals surface area contributed by atoms with Gasteiger partial charge in [-0.1, -0.05) is 18.2 Å². The molecule has 0 bridgehead atoms. The second-order valence-corrected chi connectivity index (χ2v) is 5.51. The Morgan fingerprint density at radius 1 is 1.35 bits per heavy atom. The van der Waals surface area contributed by atoms with Crippen molar-refractivity contribution >= 4 is 21.0 Å². The molecule has 0 saturated heterocycles. The van der Waals surface area contributed by atoms with Gasteiger partial charge in [-0.25, -0.2) is 0 Å².